The number of morpholine rings is 1. The molecule has 1 aromatic heterocycles. The molecule has 1 aromatic carbocycles. The van der Waals surface area contributed by atoms with Crippen LogP contribution in [-0.4, -0.2) is 62.8 Å². The minimum atomic E-state index is -3.71. The second-order valence-electron chi connectivity index (χ2n) is 7.50. The molecule has 2 aromatic rings. The number of carbonyl (C=O) groups is 3. The van der Waals surface area contributed by atoms with Crippen LogP contribution in [0.4, 0.5) is 5.69 Å². The van der Waals surface area contributed by atoms with Gasteiger partial charge in [-0.25, -0.2) is 8.42 Å². The number of nitrogens with one attached hydrogen (secondary N) is 1. The second kappa shape index (κ2) is 11.0. The molecule has 2 heterocycles. The number of carbonyl (C=O) groups excluding carboxylic acids is 3. The van der Waals surface area contributed by atoms with Gasteiger partial charge in [0, 0.05) is 30.1 Å². The van der Waals surface area contributed by atoms with E-state index < -0.39 is 28.0 Å². The molecule has 1 aliphatic heterocycles. The number of hydrogen-bond donors (Lipinski definition) is 1. The molecular weight excluding hydrogens is 468 g/mol. The van der Waals surface area contributed by atoms with Crippen molar-refractivity contribution < 1.29 is 32.3 Å². The highest BCUT2D eigenvalue weighted by molar-refractivity contribution is 7.89. The first kappa shape index (κ1) is 25.0. The molecule has 1 fully saturated rings. The fourth-order valence-electron chi connectivity index (χ4n) is 3.15. The first-order chi connectivity index (χ1) is 15.7. The highest BCUT2D eigenvalue weighted by Gasteiger charge is 2.27. The largest absolute Gasteiger partial charge is 0.453 e. The number of thiophene rings is 1. The Morgan fingerprint density at radius 3 is 2.55 bits per heavy atom. The summed E-state index contributed by atoms with van der Waals surface area (Å²) in [5.74, 6) is -1.42. The fraction of sp³-hybridized carbons (Fsp3) is 0.409. The number of rotatable bonds is 9. The molecule has 33 heavy (non-hydrogen) atoms. The highest BCUT2D eigenvalue weighted by Crippen LogP contribution is 2.21. The molecule has 0 radical (unpaired) electrons. The fourth-order valence-corrected chi connectivity index (χ4v) is 5.44. The summed E-state index contributed by atoms with van der Waals surface area (Å²) in [7, 11) is -3.71. The van der Waals surface area contributed by atoms with Gasteiger partial charge < -0.3 is 14.8 Å². The minimum Gasteiger partial charge on any atom is -0.453 e. The van der Waals surface area contributed by atoms with Gasteiger partial charge in [-0.3, -0.25) is 14.4 Å². The molecule has 1 amide bonds. The van der Waals surface area contributed by atoms with Crippen LogP contribution in [0, 0.1) is 6.92 Å². The van der Waals surface area contributed by atoms with Crippen molar-refractivity contribution in [3.63, 3.8) is 0 Å². The summed E-state index contributed by atoms with van der Waals surface area (Å²) in [6.07, 6.45) is -1.26. The summed E-state index contributed by atoms with van der Waals surface area (Å²) in [6.45, 7) is 4.49. The molecule has 1 unspecified atom stereocenters. The van der Waals surface area contributed by atoms with E-state index in [2.05, 4.69) is 5.32 Å². The zero-order valence-corrected chi connectivity index (χ0v) is 20.0. The van der Waals surface area contributed by atoms with E-state index in [-0.39, 0.29) is 42.3 Å². The van der Waals surface area contributed by atoms with Crippen LogP contribution in [0.5, 0.6) is 0 Å². The Bertz CT molecular complexity index is 1120. The molecule has 1 saturated heterocycles. The summed E-state index contributed by atoms with van der Waals surface area (Å²) in [4.78, 5) is 38.3. The van der Waals surface area contributed by atoms with E-state index in [9.17, 15) is 22.8 Å². The van der Waals surface area contributed by atoms with Crippen molar-refractivity contribution in [3.8, 4) is 0 Å². The smallest absolute Gasteiger partial charge is 0.307 e. The van der Waals surface area contributed by atoms with Gasteiger partial charge >= 0.3 is 5.97 Å². The van der Waals surface area contributed by atoms with Gasteiger partial charge in [-0.2, -0.15) is 4.31 Å². The van der Waals surface area contributed by atoms with Crippen LogP contribution in [0.2, 0.25) is 0 Å². The van der Waals surface area contributed by atoms with Gasteiger partial charge in [-0.15, -0.1) is 11.3 Å². The maximum absolute atomic E-state index is 12.8. The van der Waals surface area contributed by atoms with Gasteiger partial charge in [-0.1, -0.05) is 6.07 Å². The number of ether oxygens (including phenoxy) is 2. The lowest BCUT2D eigenvalue weighted by Gasteiger charge is -2.26. The van der Waals surface area contributed by atoms with Crippen LogP contribution in [0.1, 0.15) is 34.3 Å². The number of anilines is 1. The Hall–Kier alpha value is -2.60. The summed E-state index contributed by atoms with van der Waals surface area (Å²) in [5, 5.41) is 2.57. The lowest BCUT2D eigenvalue weighted by Crippen LogP contribution is -2.40. The number of sulfonamides is 1. The Morgan fingerprint density at radius 1 is 1.15 bits per heavy atom. The number of amides is 1. The van der Waals surface area contributed by atoms with E-state index in [0.29, 0.717) is 18.1 Å². The molecule has 1 aliphatic rings. The predicted molar refractivity (Wildman–Crippen MR) is 123 cm³/mol. The number of aryl methyl sites for hydroxylation is 1. The van der Waals surface area contributed by atoms with Crippen molar-refractivity contribution in [1.29, 1.82) is 0 Å². The van der Waals surface area contributed by atoms with Crippen LogP contribution in [-0.2, 0) is 29.1 Å². The van der Waals surface area contributed by atoms with Crippen molar-refractivity contribution in [1.82, 2.24) is 4.31 Å². The average Bonchev–Trinajstić information content (AvgIpc) is 3.24. The van der Waals surface area contributed by atoms with Crippen molar-refractivity contribution in [3.05, 3.63) is 46.2 Å². The third kappa shape index (κ3) is 6.70. The van der Waals surface area contributed by atoms with Gasteiger partial charge in [0.1, 0.15) is 0 Å². The maximum atomic E-state index is 12.8. The predicted octanol–water partition coefficient (Wildman–Crippen LogP) is 2.61. The van der Waals surface area contributed by atoms with Gasteiger partial charge in [0.15, 0.2) is 11.9 Å². The van der Waals surface area contributed by atoms with E-state index in [1.807, 2.05) is 13.0 Å². The van der Waals surface area contributed by atoms with Crippen molar-refractivity contribution >= 4 is 44.7 Å². The molecule has 0 spiro atoms. The zero-order chi connectivity index (χ0) is 24.0. The van der Waals surface area contributed by atoms with E-state index in [1.54, 1.807) is 12.1 Å². The SMILES string of the molecule is Cc1ccc(C(=O)CCC(=O)OC(C)C(=O)Nc2cccc(S(=O)(=O)N3CCOCC3)c2)s1. The third-order valence-electron chi connectivity index (χ3n) is 4.96. The van der Waals surface area contributed by atoms with Crippen molar-refractivity contribution in [2.24, 2.45) is 0 Å². The number of Topliss-reactive ketones (excluding diaryl/α,β-unsaturated/α-hetero) is 1. The average molecular weight is 495 g/mol. The van der Waals surface area contributed by atoms with Crippen molar-refractivity contribution in [2.45, 2.75) is 37.7 Å². The van der Waals surface area contributed by atoms with Crippen LogP contribution < -0.4 is 5.32 Å². The first-order valence-corrected chi connectivity index (χ1v) is 12.7. The Morgan fingerprint density at radius 2 is 1.88 bits per heavy atom. The standard InChI is InChI=1S/C22H26N2O7S2/c1-15-6-8-20(32-15)19(25)7-9-21(26)31-16(2)22(27)23-17-4-3-5-18(14-17)33(28,29)24-10-12-30-13-11-24/h3-6,8,14,16H,7,9-13H2,1-2H3,(H,23,27). The Kier molecular flexibility index (Phi) is 8.35. The summed E-state index contributed by atoms with van der Waals surface area (Å²) in [6, 6.07) is 9.44. The van der Waals surface area contributed by atoms with Crippen LogP contribution in [0.3, 0.4) is 0 Å². The molecule has 9 nitrogen and oxygen atoms in total. The first-order valence-electron chi connectivity index (χ1n) is 10.4. The van der Waals surface area contributed by atoms with E-state index >= 15 is 0 Å². The lowest BCUT2D eigenvalue weighted by atomic mass is 10.2. The van der Waals surface area contributed by atoms with E-state index in [4.69, 9.17) is 9.47 Å². The number of nitrogens with zero attached hydrogens (tertiary/aromatic N) is 1. The number of ketones is 1. The van der Waals surface area contributed by atoms with Crippen LogP contribution in [0.25, 0.3) is 0 Å². The Balaban J connectivity index is 1.53. The summed E-state index contributed by atoms with van der Waals surface area (Å²) < 4.78 is 37.3. The maximum Gasteiger partial charge on any atom is 0.307 e. The molecule has 0 aliphatic carbocycles. The lowest BCUT2D eigenvalue weighted by molar-refractivity contribution is -0.153. The van der Waals surface area contributed by atoms with Gasteiger partial charge in [0.2, 0.25) is 10.0 Å². The molecular formula is C22H26N2O7S2. The summed E-state index contributed by atoms with van der Waals surface area (Å²) in [5.41, 5.74) is 0.264. The number of benzene rings is 1. The number of hydrogen-bond acceptors (Lipinski definition) is 8. The molecule has 1 atom stereocenters. The minimum absolute atomic E-state index is 0.00539. The third-order valence-corrected chi connectivity index (χ3v) is 7.89. The molecule has 178 valence electrons. The van der Waals surface area contributed by atoms with Crippen LogP contribution >= 0.6 is 11.3 Å². The molecule has 0 bridgehead atoms. The van der Waals surface area contributed by atoms with Crippen LogP contribution in [0.15, 0.2) is 41.3 Å². The zero-order valence-electron chi connectivity index (χ0n) is 18.4. The van der Waals surface area contributed by atoms with E-state index in [1.165, 1.54) is 40.8 Å². The molecule has 3 rings (SSSR count). The molecule has 0 saturated carbocycles. The molecule has 1 N–H and O–H groups in total. The van der Waals surface area contributed by atoms with E-state index in [0.717, 1.165) is 4.88 Å². The molecule has 11 heteroatoms. The van der Waals surface area contributed by atoms with Gasteiger partial charge in [-0.05, 0) is 44.2 Å². The van der Waals surface area contributed by atoms with Crippen molar-refractivity contribution in [2.75, 3.05) is 31.6 Å². The number of esters is 1. The normalized spacial score (nSPS) is 15.6. The quantitative estimate of drug-likeness (QED) is 0.420. The topological polar surface area (TPSA) is 119 Å². The highest BCUT2D eigenvalue weighted by atomic mass is 32.2. The second-order valence-corrected chi connectivity index (χ2v) is 10.7. The summed E-state index contributed by atoms with van der Waals surface area (Å²) >= 11 is 1.36. The Labute approximate surface area is 196 Å². The monoisotopic (exact) mass is 494 g/mol. The van der Waals surface area contributed by atoms with Gasteiger partial charge in [0.05, 0.1) is 29.4 Å². The van der Waals surface area contributed by atoms with Gasteiger partial charge in [0.25, 0.3) is 5.91 Å².